The number of anilines is 1. The van der Waals surface area contributed by atoms with Gasteiger partial charge in [0.05, 0.1) is 11.6 Å². The summed E-state index contributed by atoms with van der Waals surface area (Å²) in [6.07, 6.45) is 0.750. The molecule has 2 amide bonds. The van der Waals surface area contributed by atoms with Crippen molar-refractivity contribution in [1.82, 2.24) is 9.80 Å². The Morgan fingerprint density at radius 3 is 2.20 bits per heavy atom. The molecule has 4 rings (SSSR count). The molecule has 2 unspecified atom stereocenters. The van der Waals surface area contributed by atoms with E-state index in [1.165, 1.54) is 11.6 Å². The molecular weight excluding hydrogens is 381 g/mol. The Labute approximate surface area is 177 Å². The molecule has 158 valence electrons. The number of rotatable bonds is 3. The number of amides is 2. The molecule has 0 saturated carbocycles. The van der Waals surface area contributed by atoms with Gasteiger partial charge in [-0.1, -0.05) is 42.5 Å². The van der Waals surface area contributed by atoms with Crippen molar-refractivity contribution in [1.29, 1.82) is 0 Å². The van der Waals surface area contributed by atoms with E-state index in [0.29, 0.717) is 45.0 Å². The van der Waals surface area contributed by atoms with Crippen LogP contribution in [0.15, 0.2) is 54.6 Å². The smallest absolute Gasteiger partial charge is 0.227 e. The van der Waals surface area contributed by atoms with Gasteiger partial charge in [-0.25, -0.2) is 4.39 Å². The van der Waals surface area contributed by atoms with E-state index >= 15 is 0 Å². The van der Waals surface area contributed by atoms with Crippen LogP contribution in [0.4, 0.5) is 10.1 Å². The Morgan fingerprint density at radius 2 is 1.53 bits per heavy atom. The lowest BCUT2D eigenvalue weighted by atomic mass is 9.83. The van der Waals surface area contributed by atoms with Crippen LogP contribution in [0.2, 0.25) is 0 Å². The van der Waals surface area contributed by atoms with Crippen LogP contribution in [0.5, 0.6) is 0 Å². The standard InChI is InChI=1S/C24H28FN3O2/c1-18(29)28-16-20(19-7-3-2-4-8-19)15-21(17-28)24(30)27-13-11-26(12-14-27)23-10-6-5-9-22(23)25/h2-10,20-21H,11-17H2,1H3. The molecule has 0 aliphatic carbocycles. The molecule has 6 heteroatoms. The second-order valence-electron chi connectivity index (χ2n) is 8.23. The summed E-state index contributed by atoms with van der Waals surface area (Å²) in [7, 11) is 0. The molecule has 2 atom stereocenters. The predicted molar refractivity (Wildman–Crippen MR) is 115 cm³/mol. The second-order valence-corrected chi connectivity index (χ2v) is 8.23. The zero-order chi connectivity index (χ0) is 21.1. The number of hydrogen-bond acceptors (Lipinski definition) is 3. The normalized spacial score (nSPS) is 22.1. The molecule has 0 radical (unpaired) electrons. The monoisotopic (exact) mass is 409 g/mol. The van der Waals surface area contributed by atoms with Crippen molar-refractivity contribution >= 4 is 17.5 Å². The fourth-order valence-corrected chi connectivity index (χ4v) is 4.64. The van der Waals surface area contributed by atoms with Crippen molar-refractivity contribution in [2.24, 2.45) is 5.92 Å². The van der Waals surface area contributed by atoms with Crippen LogP contribution in [0.25, 0.3) is 0 Å². The van der Waals surface area contributed by atoms with Gasteiger partial charge in [-0.05, 0) is 24.1 Å². The zero-order valence-corrected chi connectivity index (χ0v) is 17.3. The number of nitrogens with zero attached hydrogens (tertiary/aromatic N) is 3. The van der Waals surface area contributed by atoms with E-state index in [4.69, 9.17) is 0 Å². The molecule has 0 spiro atoms. The van der Waals surface area contributed by atoms with Crippen LogP contribution in [-0.2, 0) is 9.59 Å². The van der Waals surface area contributed by atoms with Crippen LogP contribution in [0.3, 0.4) is 0 Å². The Bertz CT molecular complexity index is 896. The third-order valence-electron chi connectivity index (χ3n) is 6.30. The van der Waals surface area contributed by atoms with E-state index < -0.39 is 0 Å². The van der Waals surface area contributed by atoms with Crippen LogP contribution in [-0.4, -0.2) is 60.9 Å². The summed E-state index contributed by atoms with van der Waals surface area (Å²) in [5.41, 5.74) is 1.76. The lowest BCUT2D eigenvalue weighted by Gasteiger charge is -2.41. The van der Waals surface area contributed by atoms with Gasteiger partial charge in [0, 0.05) is 52.1 Å². The van der Waals surface area contributed by atoms with Crippen molar-refractivity contribution in [3.63, 3.8) is 0 Å². The average Bonchev–Trinajstić information content (AvgIpc) is 2.79. The molecule has 2 aliphatic rings. The maximum Gasteiger partial charge on any atom is 0.227 e. The van der Waals surface area contributed by atoms with E-state index in [0.717, 1.165) is 6.42 Å². The molecule has 2 aliphatic heterocycles. The Morgan fingerprint density at radius 1 is 0.867 bits per heavy atom. The summed E-state index contributed by atoms with van der Waals surface area (Å²) in [4.78, 5) is 31.1. The van der Waals surface area contributed by atoms with Gasteiger partial charge < -0.3 is 14.7 Å². The van der Waals surface area contributed by atoms with Gasteiger partial charge in [0.2, 0.25) is 11.8 Å². The number of benzene rings is 2. The second kappa shape index (κ2) is 8.86. The Hall–Kier alpha value is -2.89. The van der Waals surface area contributed by atoms with Crippen molar-refractivity contribution in [3.8, 4) is 0 Å². The lowest BCUT2D eigenvalue weighted by molar-refractivity contribution is -0.140. The first-order chi connectivity index (χ1) is 14.5. The Kier molecular flexibility index (Phi) is 6.02. The topological polar surface area (TPSA) is 43.9 Å². The molecule has 2 saturated heterocycles. The van der Waals surface area contributed by atoms with Gasteiger partial charge >= 0.3 is 0 Å². The van der Waals surface area contributed by atoms with Gasteiger partial charge in [-0.15, -0.1) is 0 Å². The molecule has 30 heavy (non-hydrogen) atoms. The number of carbonyl (C=O) groups is 2. The van der Waals surface area contributed by atoms with Crippen molar-refractivity contribution in [3.05, 3.63) is 66.0 Å². The molecule has 2 heterocycles. The highest BCUT2D eigenvalue weighted by molar-refractivity contribution is 5.81. The van der Waals surface area contributed by atoms with Crippen LogP contribution in [0.1, 0.15) is 24.8 Å². The highest BCUT2D eigenvalue weighted by atomic mass is 19.1. The fraction of sp³-hybridized carbons (Fsp3) is 0.417. The fourth-order valence-electron chi connectivity index (χ4n) is 4.64. The minimum Gasteiger partial charge on any atom is -0.366 e. The summed E-state index contributed by atoms with van der Waals surface area (Å²) < 4.78 is 14.1. The molecule has 5 nitrogen and oxygen atoms in total. The van der Waals surface area contributed by atoms with E-state index in [-0.39, 0.29) is 29.5 Å². The molecule has 2 fully saturated rings. The summed E-state index contributed by atoms with van der Waals surface area (Å²) in [6, 6.07) is 16.9. The summed E-state index contributed by atoms with van der Waals surface area (Å²) >= 11 is 0. The van der Waals surface area contributed by atoms with Crippen molar-refractivity contribution in [2.45, 2.75) is 19.3 Å². The molecule has 2 aromatic carbocycles. The van der Waals surface area contributed by atoms with Crippen LogP contribution in [0, 0.1) is 11.7 Å². The lowest BCUT2D eigenvalue weighted by Crippen LogP contribution is -2.54. The minimum atomic E-state index is -0.229. The summed E-state index contributed by atoms with van der Waals surface area (Å²) in [5.74, 6) is -0.148. The van der Waals surface area contributed by atoms with Gasteiger partial charge in [0.15, 0.2) is 0 Å². The van der Waals surface area contributed by atoms with Crippen LogP contribution < -0.4 is 4.90 Å². The van der Waals surface area contributed by atoms with Crippen molar-refractivity contribution < 1.29 is 14.0 Å². The zero-order valence-electron chi connectivity index (χ0n) is 17.3. The summed E-state index contributed by atoms with van der Waals surface area (Å²) in [6.45, 7) is 5.06. The molecule has 2 aromatic rings. The predicted octanol–water partition coefficient (Wildman–Crippen LogP) is 3.13. The average molecular weight is 410 g/mol. The third kappa shape index (κ3) is 4.32. The van der Waals surface area contributed by atoms with E-state index in [1.54, 1.807) is 24.0 Å². The number of hydrogen-bond donors (Lipinski definition) is 0. The molecule has 0 N–H and O–H groups in total. The number of carbonyl (C=O) groups excluding carboxylic acids is 2. The van der Waals surface area contributed by atoms with Gasteiger partial charge in [0.25, 0.3) is 0 Å². The van der Waals surface area contributed by atoms with Crippen molar-refractivity contribution in [2.75, 3.05) is 44.2 Å². The SMILES string of the molecule is CC(=O)N1CC(C(=O)N2CCN(c3ccccc3F)CC2)CC(c2ccccc2)C1. The minimum absolute atomic E-state index is 0.0119. The number of piperazine rings is 1. The maximum atomic E-state index is 14.1. The first-order valence-electron chi connectivity index (χ1n) is 10.6. The first-order valence-corrected chi connectivity index (χ1v) is 10.6. The molecular formula is C24H28FN3O2. The highest BCUT2D eigenvalue weighted by Gasteiger charge is 2.36. The third-order valence-corrected chi connectivity index (χ3v) is 6.30. The number of para-hydroxylation sites is 1. The van der Waals surface area contributed by atoms with Gasteiger partial charge in [-0.2, -0.15) is 0 Å². The van der Waals surface area contributed by atoms with E-state index in [9.17, 15) is 14.0 Å². The Balaban J connectivity index is 1.43. The largest absolute Gasteiger partial charge is 0.366 e. The number of piperidine rings is 1. The number of halogens is 1. The van der Waals surface area contributed by atoms with Gasteiger partial charge in [-0.3, -0.25) is 9.59 Å². The first kappa shape index (κ1) is 20.4. The maximum absolute atomic E-state index is 14.1. The number of likely N-dealkylation sites (tertiary alicyclic amines) is 1. The van der Waals surface area contributed by atoms with Gasteiger partial charge in [0.1, 0.15) is 5.82 Å². The van der Waals surface area contributed by atoms with E-state index in [2.05, 4.69) is 12.1 Å². The quantitative estimate of drug-likeness (QED) is 0.782. The van der Waals surface area contributed by atoms with E-state index in [1.807, 2.05) is 34.1 Å². The highest BCUT2D eigenvalue weighted by Crippen LogP contribution is 2.32. The molecule has 0 bridgehead atoms. The van der Waals surface area contributed by atoms with Crippen LogP contribution >= 0.6 is 0 Å². The summed E-state index contributed by atoms with van der Waals surface area (Å²) in [5, 5.41) is 0. The molecule has 0 aromatic heterocycles.